The highest BCUT2D eigenvalue weighted by Gasteiger charge is 2.28. The zero-order chi connectivity index (χ0) is 25.8. The van der Waals surface area contributed by atoms with Crippen molar-refractivity contribution in [2.24, 2.45) is 5.92 Å². The van der Waals surface area contributed by atoms with Gasteiger partial charge in [-0.15, -0.1) is 0 Å². The number of methoxy groups -OCH3 is 3. The summed E-state index contributed by atoms with van der Waals surface area (Å²) in [4.78, 5) is 13.4. The minimum absolute atomic E-state index is 0.134. The molecule has 7 nitrogen and oxygen atoms in total. The minimum atomic E-state index is -0.394. The summed E-state index contributed by atoms with van der Waals surface area (Å²) < 4.78 is 33.9. The Bertz CT molecular complexity index is 970. The highest BCUT2D eigenvalue weighted by molar-refractivity contribution is 5.94. The second kappa shape index (κ2) is 14.6. The average molecular weight is 499 g/mol. The van der Waals surface area contributed by atoms with Crippen molar-refractivity contribution in [1.29, 1.82) is 0 Å². The highest BCUT2D eigenvalue weighted by atomic mass is 16.7. The first kappa shape index (κ1) is 27.7. The zero-order valence-corrected chi connectivity index (χ0v) is 21.7. The lowest BCUT2D eigenvalue weighted by Gasteiger charge is -2.28. The highest BCUT2D eigenvalue weighted by Crippen LogP contribution is 2.28. The van der Waals surface area contributed by atoms with Gasteiger partial charge in [-0.05, 0) is 48.1 Å². The standard InChI is InChI=1S/C29H38O7/c1-21-8-5-6-9-23-10-7-11-26(33-4)28(23)29(30)36-25(18-27(21)35-20-31-2)16-17-34-19-22-12-14-24(32-3)15-13-22/h5-7,10-15,21,25,27H,8-9,16-20H2,1-4H3/b6-5+/t21-,25-,27+/m1/s1. The Morgan fingerprint density at radius 1 is 1.00 bits per heavy atom. The number of hydrogen-bond acceptors (Lipinski definition) is 7. The van der Waals surface area contributed by atoms with Gasteiger partial charge in [0.05, 0.1) is 33.5 Å². The molecule has 0 bridgehead atoms. The number of fused-ring (bicyclic) bond motifs is 1. The first-order valence-electron chi connectivity index (χ1n) is 12.4. The molecule has 0 unspecified atom stereocenters. The number of carbonyl (C=O) groups is 1. The van der Waals surface area contributed by atoms with Crippen LogP contribution in [-0.2, 0) is 32.0 Å². The number of rotatable bonds is 10. The maximum Gasteiger partial charge on any atom is 0.342 e. The minimum Gasteiger partial charge on any atom is -0.497 e. The van der Waals surface area contributed by atoms with E-state index in [0.29, 0.717) is 43.8 Å². The third-order valence-electron chi connectivity index (χ3n) is 6.36. The van der Waals surface area contributed by atoms with Crippen LogP contribution in [0.4, 0.5) is 0 Å². The molecule has 2 aromatic rings. The summed E-state index contributed by atoms with van der Waals surface area (Å²) >= 11 is 0. The number of ether oxygens (including phenoxy) is 6. The van der Waals surface area contributed by atoms with Crippen LogP contribution in [0.1, 0.15) is 47.7 Å². The molecular formula is C29H38O7. The number of allylic oxidation sites excluding steroid dienone is 2. The van der Waals surface area contributed by atoms with E-state index < -0.39 is 5.97 Å². The van der Waals surface area contributed by atoms with E-state index in [1.165, 1.54) is 0 Å². The molecule has 3 atom stereocenters. The zero-order valence-electron chi connectivity index (χ0n) is 21.7. The van der Waals surface area contributed by atoms with Crippen LogP contribution in [0.3, 0.4) is 0 Å². The molecular weight excluding hydrogens is 460 g/mol. The van der Waals surface area contributed by atoms with E-state index in [0.717, 1.165) is 23.3 Å². The summed E-state index contributed by atoms with van der Waals surface area (Å²) in [5, 5.41) is 0. The van der Waals surface area contributed by atoms with Crippen LogP contribution in [0.15, 0.2) is 54.6 Å². The van der Waals surface area contributed by atoms with Crippen molar-refractivity contribution in [2.75, 3.05) is 34.7 Å². The molecule has 0 aliphatic carbocycles. The van der Waals surface area contributed by atoms with Gasteiger partial charge in [-0.2, -0.15) is 0 Å². The number of cyclic esters (lactones) is 1. The van der Waals surface area contributed by atoms with Gasteiger partial charge in [0.2, 0.25) is 0 Å². The van der Waals surface area contributed by atoms with Gasteiger partial charge in [-0.25, -0.2) is 4.79 Å². The maximum absolute atomic E-state index is 13.4. The average Bonchev–Trinajstić information content (AvgIpc) is 2.90. The summed E-state index contributed by atoms with van der Waals surface area (Å²) in [6.07, 6.45) is 6.26. The smallest absolute Gasteiger partial charge is 0.342 e. The summed E-state index contributed by atoms with van der Waals surface area (Å²) in [6.45, 7) is 3.23. The Morgan fingerprint density at radius 3 is 2.53 bits per heavy atom. The van der Waals surface area contributed by atoms with Crippen LogP contribution < -0.4 is 9.47 Å². The summed E-state index contributed by atoms with van der Waals surface area (Å²) in [6, 6.07) is 13.4. The largest absolute Gasteiger partial charge is 0.497 e. The summed E-state index contributed by atoms with van der Waals surface area (Å²) in [5.74, 6) is 1.15. The molecule has 0 spiro atoms. The predicted molar refractivity (Wildman–Crippen MR) is 137 cm³/mol. The third-order valence-corrected chi connectivity index (χ3v) is 6.36. The Labute approximate surface area is 214 Å². The van der Waals surface area contributed by atoms with E-state index in [2.05, 4.69) is 19.1 Å². The van der Waals surface area contributed by atoms with Crippen molar-refractivity contribution in [3.05, 3.63) is 71.3 Å². The van der Waals surface area contributed by atoms with Crippen molar-refractivity contribution in [3.8, 4) is 11.5 Å². The topological polar surface area (TPSA) is 72.5 Å². The normalized spacial score (nSPS) is 21.4. The Hall–Kier alpha value is -2.87. The SMILES string of the molecule is COCO[C@H]1C[C@@H](CCOCc2ccc(OC)cc2)OC(=O)c2c(cccc2OC)C/C=C/C[C@H]1C. The molecule has 7 heteroatoms. The summed E-state index contributed by atoms with van der Waals surface area (Å²) in [7, 11) is 4.81. The predicted octanol–water partition coefficient (Wildman–Crippen LogP) is 5.35. The molecule has 3 rings (SSSR count). The van der Waals surface area contributed by atoms with Crippen LogP contribution in [0.5, 0.6) is 11.5 Å². The molecule has 36 heavy (non-hydrogen) atoms. The number of benzene rings is 2. The van der Waals surface area contributed by atoms with E-state index in [1.54, 1.807) is 27.4 Å². The van der Waals surface area contributed by atoms with Crippen molar-refractivity contribution in [3.63, 3.8) is 0 Å². The monoisotopic (exact) mass is 498 g/mol. The lowest BCUT2D eigenvalue weighted by molar-refractivity contribution is -0.104. The molecule has 0 amide bonds. The molecule has 1 heterocycles. The fourth-order valence-corrected chi connectivity index (χ4v) is 4.26. The van der Waals surface area contributed by atoms with Crippen LogP contribution >= 0.6 is 0 Å². The molecule has 0 saturated carbocycles. The molecule has 1 aliphatic heterocycles. The van der Waals surface area contributed by atoms with Crippen molar-refractivity contribution >= 4 is 5.97 Å². The maximum atomic E-state index is 13.4. The molecule has 196 valence electrons. The molecule has 2 aromatic carbocycles. The van der Waals surface area contributed by atoms with Crippen LogP contribution in [0.2, 0.25) is 0 Å². The Kier molecular flexibility index (Phi) is 11.3. The van der Waals surface area contributed by atoms with Gasteiger partial charge >= 0.3 is 5.97 Å². The van der Waals surface area contributed by atoms with Crippen LogP contribution in [0, 0.1) is 5.92 Å². The Morgan fingerprint density at radius 2 is 1.81 bits per heavy atom. The number of carbonyl (C=O) groups excluding carboxylic acids is 1. The van der Waals surface area contributed by atoms with E-state index in [4.69, 9.17) is 28.4 Å². The van der Waals surface area contributed by atoms with Gasteiger partial charge in [-0.3, -0.25) is 0 Å². The molecule has 0 N–H and O–H groups in total. The summed E-state index contributed by atoms with van der Waals surface area (Å²) in [5.41, 5.74) is 2.40. The van der Waals surface area contributed by atoms with Gasteiger partial charge in [-0.1, -0.05) is 43.3 Å². The van der Waals surface area contributed by atoms with Gasteiger partial charge < -0.3 is 28.4 Å². The quantitative estimate of drug-likeness (QED) is 0.189. The second-order valence-corrected chi connectivity index (χ2v) is 8.95. The van der Waals surface area contributed by atoms with Gasteiger partial charge in [0.15, 0.2) is 0 Å². The first-order valence-corrected chi connectivity index (χ1v) is 12.4. The number of esters is 1. The van der Waals surface area contributed by atoms with Crippen molar-refractivity contribution in [2.45, 2.75) is 51.4 Å². The Balaban J connectivity index is 1.75. The molecule has 0 saturated heterocycles. The lowest BCUT2D eigenvalue weighted by atomic mass is 9.93. The fraction of sp³-hybridized carbons (Fsp3) is 0.483. The lowest BCUT2D eigenvalue weighted by Crippen LogP contribution is -2.32. The molecule has 0 aromatic heterocycles. The van der Waals surface area contributed by atoms with Gasteiger partial charge in [0.25, 0.3) is 0 Å². The van der Waals surface area contributed by atoms with Crippen molar-refractivity contribution in [1.82, 2.24) is 0 Å². The number of hydrogen-bond donors (Lipinski definition) is 0. The first-order chi connectivity index (χ1) is 17.5. The van der Waals surface area contributed by atoms with E-state index >= 15 is 0 Å². The second-order valence-electron chi connectivity index (χ2n) is 8.95. The third kappa shape index (κ3) is 8.08. The fourth-order valence-electron chi connectivity index (χ4n) is 4.26. The van der Waals surface area contributed by atoms with Crippen LogP contribution in [0.25, 0.3) is 0 Å². The van der Waals surface area contributed by atoms with E-state index in [-0.39, 0.29) is 24.9 Å². The van der Waals surface area contributed by atoms with E-state index in [1.807, 2.05) is 36.4 Å². The van der Waals surface area contributed by atoms with Crippen molar-refractivity contribution < 1.29 is 33.2 Å². The molecule has 1 aliphatic rings. The van der Waals surface area contributed by atoms with Gasteiger partial charge in [0, 0.05) is 20.0 Å². The van der Waals surface area contributed by atoms with Crippen LogP contribution in [-0.4, -0.2) is 52.9 Å². The molecule has 0 radical (unpaired) electrons. The van der Waals surface area contributed by atoms with E-state index in [9.17, 15) is 4.79 Å². The van der Waals surface area contributed by atoms with Gasteiger partial charge in [0.1, 0.15) is 30.0 Å². The molecule has 0 fully saturated rings.